The summed E-state index contributed by atoms with van der Waals surface area (Å²) in [5.41, 5.74) is 4.58. The molecule has 1 saturated carbocycles. The summed E-state index contributed by atoms with van der Waals surface area (Å²) < 4.78 is 7.50. The number of fused-ring (bicyclic) bond motifs is 1. The molecule has 7 heteroatoms. The number of rotatable bonds is 3. The second-order valence-corrected chi connectivity index (χ2v) is 8.20. The van der Waals surface area contributed by atoms with E-state index in [1.807, 2.05) is 36.7 Å². The van der Waals surface area contributed by atoms with Crippen molar-refractivity contribution in [1.29, 1.82) is 0 Å². The minimum absolute atomic E-state index is 0.197. The molecule has 1 atom stereocenters. The topological polar surface area (TPSA) is 76.5 Å². The molecule has 0 radical (unpaired) electrons. The van der Waals surface area contributed by atoms with Crippen molar-refractivity contribution in [2.45, 2.75) is 51.9 Å². The molecule has 3 aromatic rings. The van der Waals surface area contributed by atoms with Crippen LogP contribution in [0.25, 0.3) is 17.0 Å². The van der Waals surface area contributed by atoms with Gasteiger partial charge in [-0.1, -0.05) is 11.6 Å². The van der Waals surface area contributed by atoms with Gasteiger partial charge in [0, 0.05) is 43.3 Å². The smallest absolute Gasteiger partial charge is 0.225 e. The second-order valence-electron chi connectivity index (χ2n) is 8.20. The summed E-state index contributed by atoms with van der Waals surface area (Å²) >= 11 is 0. The highest BCUT2D eigenvalue weighted by molar-refractivity contribution is 5.80. The summed E-state index contributed by atoms with van der Waals surface area (Å²) in [6.45, 7) is 5.47. The molecule has 2 fully saturated rings. The van der Waals surface area contributed by atoms with Crippen LogP contribution in [0.5, 0.6) is 0 Å². The van der Waals surface area contributed by atoms with Crippen LogP contribution in [0.15, 0.2) is 22.9 Å². The summed E-state index contributed by atoms with van der Waals surface area (Å²) in [6, 6.07) is 3.92. The van der Waals surface area contributed by atoms with Crippen LogP contribution in [-0.2, 0) is 4.79 Å². The van der Waals surface area contributed by atoms with Gasteiger partial charge in [-0.25, -0.2) is 9.50 Å². The van der Waals surface area contributed by atoms with Gasteiger partial charge >= 0.3 is 0 Å². The fourth-order valence-electron chi connectivity index (χ4n) is 4.45. The normalized spacial score (nSPS) is 20.5. The average molecular weight is 379 g/mol. The van der Waals surface area contributed by atoms with E-state index in [-0.39, 0.29) is 11.8 Å². The molecule has 1 aliphatic heterocycles. The zero-order valence-electron chi connectivity index (χ0n) is 16.4. The lowest BCUT2D eigenvalue weighted by molar-refractivity contribution is -0.139. The molecule has 1 saturated heterocycles. The van der Waals surface area contributed by atoms with Gasteiger partial charge in [-0.15, -0.1) is 0 Å². The minimum atomic E-state index is 0.197. The molecule has 5 rings (SSSR count). The highest BCUT2D eigenvalue weighted by Gasteiger charge is 2.34. The van der Waals surface area contributed by atoms with E-state index in [0.29, 0.717) is 11.7 Å². The number of aryl methyl sites for hydroxylation is 2. The third-order valence-electron chi connectivity index (χ3n) is 6.11. The number of piperidine rings is 1. The Morgan fingerprint density at radius 1 is 1.14 bits per heavy atom. The van der Waals surface area contributed by atoms with Crippen LogP contribution < -0.4 is 0 Å². The van der Waals surface area contributed by atoms with Gasteiger partial charge < -0.3 is 9.42 Å². The van der Waals surface area contributed by atoms with E-state index in [9.17, 15) is 4.79 Å². The van der Waals surface area contributed by atoms with Crippen molar-refractivity contribution in [1.82, 2.24) is 24.7 Å². The number of carbonyl (C=O) groups is 1. The molecule has 1 unspecified atom stereocenters. The fraction of sp³-hybridized carbons (Fsp3) is 0.524. The summed E-state index contributed by atoms with van der Waals surface area (Å²) in [5, 5.41) is 8.75. The Morgan fingerprint density at radius 2 is 2.00 bits per heavy atom. The second kappa shape index (κ2) is 6.72. The first-order chi connectivity index (χ1) is 13.6. The van der Waals surface area contributed by atoms with Crippen LogP contribution in [0.3, 0.4) is 0 Å². The van der Waals surface area contributed by atoms with Crippen LogP contribution in [0.2, 0.25) is 0 Å². The SMILES string of the molecule is Cc1cc(-c2cnc3cc(C)nn3c2C2CCCN(C(=O)C3CCC3)C2)on1. The average Bonchev–Trinajstić information content (AvgIpc) is 3.24. The van der Waals surface area contributed by atoms with Crippen LogP contribution in [0.1, 0.15) is 55.1 Å². The monoisotopic (exact) mass is 379 g/mol. The quantitative estimate of drug-likeness (QED) is 0.696. The van der Waals surface area contributed by atoms with E-state index in [1.54, 1.807) is 0 Å². The van der Waals surface area contributed by atoms with Crippen molar-refractivity contribution in [3.05, 3.63) is 35.4 Å². The van der Waals surface area contributed by atoms with Crippen molar-refractivity contribution in [3.8, 4) is 11.3 Å². The molecule has 7 nitrogen and oxygen atoms in total. The van der Waals surface area contributed by atoms with E-state index in [4.69, 9.17) is 9.62 Å². The van der Waals surface area contributed by atoms with Gasteiger partial charge in [0.15, 0.2) is 11.4 Å². The summed E-state index contributed by atoms with van der Waals surface area (Å²) in [7, 11) is 0. The van der Waals surface area contributed by atoms with Crippen LogP contribution in [0, 0.1) is 19.8 Å². The lowest BCUT2D eigenvalue weighted by Gasteiger charge is -2.37. The molecule has 1 amide bonds. The van der Waals surface area contributed by atoms with Crippen molar-refractivity contribution in [2.24, 2.45) is 5.92 Å². The summed E-state index contributed by atoms with van der Waals surface area (Å²) in [5.74, 6) is 1.47. The Balaban J connectivity index is 1.57. The molecule has 0 N–H and O–H groups in total. The molecule has 3 aromatic heterocycles. The first-order valence-corrected chi connectivity index (χ1v) is 10.2. The highest BCUT2D eigenvalue weighted by atomic mass is 16.5. The maximum Gasteiger partial charge on any atom is 0.225 e. The first kappa shape index (κ1) is 17.4. The molecule has 0 aromatic carbocycles. The number of nitrogens with zero attached hydrogens (tertiary/aromatic N) is 5. The van der Waals surface area contributed by atoms with Crippen LogP contribution >= 0.6 is 0 Å². The van der Waals surface area contributed by atoms with Crippen molar-refractivity contribution < 1.29 is 9.32 Å². The van der Waals surface area contributed by atoms with Gasteiger partial charge in [0.05, 0.1) is 22.6 Å². The van der Waals surface area contributed by atoms with Gasteiger partial charge in [-0.2, -0.15) is 5.10 Å². The maximum atomic E-state index is 12.8. The van der Waals surface area contributed by atoms with Gasteiger partial charge in [-0.05, 0) is 39.5 Å². The van der Waals surface area contributed by atoms with Gasteiger partial charge in [0.25, 0.3) is 0 Å². The van der Waals surface area contributed by atoms with E-state index < -0.39 is 0 Å². The van der Waals surface area contributed by atoms with Crippen LogP contribution in [0.4, 0.5) is 0 Å². The Bertz CT molecular complexity index is 1030. The number of hydrogen-bond donors (Lipinski definition) is 0. The Labute approximate surface area is 163 Å². The molecule has 0 bridgehead atoms. The third kappa shape index (κ3) is 2.89. The highest BCUT2D eigenvalue weighted by Crippen LogP contribution is 2.36. The van der Waals surface area contributed by atoms with Crippen molar-refractivity contribution in [2.75, 3.05) is 13.1 Å². The van der Waals surface area contributed by atoms with Crippen molar-refractivity contribution in [3.63, 3.8) is 0 Å². The van der Waals surface area contributed by atoms with E-state index in [0.717, 1.165) is 67.1 Å². The molecular formula is C21H25N5O2. The number of hydrogen-bond acceptors (Lipinski definition) is 5. The predicted octanol–water partition coefficient (Wildman–Crippen LogP) is 3.51. The Kier molecular flexibility index (Phi) is 4.18. The van der Waals surface area contributed by atoms with E-state index in [2.05, 4.69) is 15.0 Å². The molecule has 1 aliphatic carbocycles. The molecule has 28 heavy (non-hydrogen) atoms. The summed E-state index contributed by atoms with van der Waals surface area (Å²) in [4.78, 5) is 19.5. The Morgan fingerprint density at radius 3 is 2.71 bits per heavy atom. The zero-order valence-corrected chi connectivity index (χ0v) is 16.4. The van der Waals surface area contributed by atoms with E-state index >= 15 is 0 Å². The first-order valence-electron chi connectivity index (χ1n) is 10.2. The Hall–Kier alpha value is -2.70. The maximum absolute atomic E-state index is 12.8. The fourth-order valence-corrected chi connectivity index (χ4v) is 4.45. The number of amides is 1. The largest absolute Gasteiger partial charge is 0.356 e. The zero-order chi connectivity index (χ0) is 19.3. The molecule has 4 heterocycles. The molecule has 0 spiro atoms. The third-order valence-corrected chi connectivity index (χ3v) is 6.11. The number of likely N-dealkylation sites (tertiary alicyclic amines) is 1. The van der Waals surface area contributed by atoms with Crippen LogP contribution in [-0.4, -0.2) is 43.7 Å². The lowest BCUT2D eigenvalue weighted by Crippen LogP contribution is -2.44. The number of aromatic nitrogens is 4. The minimum Gasteiger partial charge on any atom is -0.356 e. The van der Waals surface area contributed by atoms with Gasteiger partial charge in [0.1, 0.15) is 0 Å². The predicted molar refractivity (Wildman–Crippen MR) is 104 cm³/mol. The molecular weight excluding hydrogens is 354 g/mol. The molecule has 146 valence electrons. The lowest BCUT2D eigenvalue weighted by atomic mass is 9.83. The molecule has 2 aliphatic rings. The van der Waals surface area contributed by atoms with Gasteiger partial charge in [-0.3, -0.25) is 4.79 Å². The standard InChI is InChI=1S/C21H25N5O2/c1-13-10-19-22-11-17(18-9-14(2)24-28-18)20(26(19)23-13)16-7-4-8-25(12-16)21(27)15-5-3-6-15/h9-11,15-16H,3-8,12H2,1-2H3. The van der Waals surface area contributed by atoms with Gasteiger partial charge in [0.2, 0.25) is 5.91 Å². The summed E-state index contributed by atoms with van der Waals surface area (Å²) in [6.07, 6.45) is 7.15. The number of carbonyl (C=O) groups excluding carboxylic acids is 1. The van der Waals surface area contributed by atoms with Crippen molar-refractivity contribution >= 4 is 11.6 Å². The van der Waals surface area contributed by atoms with E-state index in [1.165, 1.54) is 6.42 Å².